The van der Waals surface area contributed by atoms with Crippen molar-refractivity contribution in [1.29, 1.82) is 0 Å². The summed E-state index contributed by atoms with van der Waals surface area (Å²) in [6.07, 6.45) is 4.77. The van der Waals surface area contributed by atoms with Crippen LogP contribution < -0.4 is 4.74 Å². The van der Waals surface area contributed by atoms with E-state index in [2.05, 4.69) is 12.0 Å². The van der Waals surface area contributed by atoms with Crippen LogP contribution in [0, 0.1) is 0 Å². The highest BCUT2D eigenvalue weighted by Crippen LogP contribution is 2.30. The predicted octanol–water partition coefficient (Wildman–Crippen LogP) is 3.53. The third kappa shape index (κ3) is 3.35. The number of aryl methyl sites for hydroxylation is 1. The number of benzene rings is 1. The molecular formula is C15H20N2O2. The van der Waals surface area contributed by atoms with E-state index in [4.69, 9.17) is 4.74 Å². The van der Waals surface area contributed by atoms with Gasteiger partial charge in [-0.25, -0.2) is 0 Å². The van der Waals surface area contributed by atoms with Crippen LogP contribution >= 0.6 is 0 Å². The van der Waals surface area contributed by atoms with Crippen LogP contribution in [0.2, 0.25) is 0 Å². The fourth-order valence-corrected chi connectivity index (χ4v) is 1.94. The number of hydrogen-bond donors (Lipinski definition) is 1. The smallest absolute Gasteiger partial charge is 0.165 e. The van der Waals surface area contributed by atoms with Crippen LogP contribution in [0.4, 0.5) is 0 Å². The van der Waals surface area contributed by atoms with Crippen molar-refractivity contribution in [3.8, 4) is 11.5 Å². The number of hydrogen-bond acceptors (Lipinski definition) is 3. The van der Waals surface area contributed by atoms with Crippen molar-refractivity contribution in [2.45, 2.75) is 39.3 Å². The molecule has 2 rings (SSSR count). The molecule has 1 heterocycles. The van der Waals surface area contributed by atoms with Gasteiger partial charge in [0.05, 0.1) is 18.5 Å². The number of aliphatic hydroxyl groups is 1. The Kier molecular flexibility index (Phi) is 4.58. The SMILES string of the molecule is CCCn1cc(Oc2ccccc2C(O)CC)cn1. The maximum Gasteiger partial charge on any atom is 0.165 e. The molecule has 0 saturated heterocycles. The van der Waals surface area contributed by atoms with Crippen LogP contribution in [0.25, 0.3) is 0 Å². The minimum atomic E-state index is -0.498. The van der Waals surface area contributed by atoms with E-state index >= 15 is 0 Å². The molecule has 0 aliphatic heterocycles. The minimum absolute atomic E-state index is 0.498. The minimum Gasteiger partial charge on any atom is -0.454 e. The highest BCUT2D eigenvalue weighted by atomic mass is 16.5. The van der Waals surface area contributed by atoms with E-state index in [0.29, 0.717) is 17.9 Å². The number of nitrogens with zero attached hydrogens (tertiary/aromatic N) is 2. The zero-order valence-electron chi connectivity index (χ0n) is 11.4. The average molecular weight is 260 g/mol. The molecule has 1 atom stereocenters. The molecule has 1 aromatic carbocycles. The molecule has 0 aliphatic carbocycles. The van der Waals surface area contributed by atoms with Gasteiger partial charge >= 0.3 is 0 Å². The van der Waals surface area contributed by atoms with Gasteiger partial charge < -0.3 is 9.84 Å². The fraction of sp³-hybridized carbons (Fsp3) is 0.400. The van der Waals surface area contributed by atoms with Crippen molar-refractivity contribution in [3.63, 3.8) is 0 Å². The zero-order valence-corrected chi connectivity index (χ0v) is 11.4. The third-order valence-corrected chi connectivity index (χ3v) is 2.95. The van der Waals surface area contributed by atoms with Crippen LogP contribution in [-0.4, -0.2) is 14.9 Å². The molecule has 0 amide bonds. The molecule has 0 aliphatic rings. The summed E-state index contributed by atoms with van der Waals surface area (Å²) in [7, 11) is 0. The second-order valence-electron chi connectivity index (χ2n) is 4.50. The van der Waals surface area contributed by atoms with E-state index in [-0.39, 0.29) is 0 Å². The molecule has 0 radical (unpaired) electrons. The first kappa shape index (κ1) is 13.6. The summed E-state index contributed by atoms with van der Waals surface area (Å²) in [5.74, 6) is 1.39. The maximum atomic E-state index is 9.98. The largest absolute Gasteiger partial charge is 0.454 e. The third-order valence-electron chi connectivity index (χ3n) is 2.95. The normalized spacial score (nSPS) is 12.4. The lowest BCUT2D eigenvalue weighted by Gasteiger charge is -2.13. The van der Waals surface area contributed by atoms with Crippen molar-refractivity contribution in [1.82, 2.24) is 9.78 Å². The number of aliphatic hydroxyl groups excluding tert-OH is 1. The van der Waals surface area contributed by atoms with Gasteiger partial charge in [-0.05, 0) is 18.9 Å². The van der Waals surface area contributed by atoms with Crippen LogP contribution in [0.3, 0.4) is 0 Å². The lowest BCUT2D eigenvalue weighted by molar-refractivity contribution is 0.170. The monoisotopic (exact) mass is 260 g/mol. The molecule has 0 fully saturated rings. The van der Waals surface area contributed by atoms with Gasteiger partial charge in [-0.3, -0.25) is 4.68 Å². The lowest BCUT2D eigenvalue weighted by atomic mass is 10.1. The number of rotatable bonds is 6. The van der Waals surface area contributed by atoms with E-state index < -0.39 is 6.10 Å². The maximum absolute atomic E-state index is 9.98. The molecule has 0 saturated carbocycles. The van der Waals surface area contributed by atoms with E-state index in [1.165, 1.54) is 0 Å². The van der Waals surface area contributed by atoms with Crippen molar-refractivity contribution in [2.24, 2.45) is 0 Å². The van der Waals surface area contributed by atoms with Gasteiger partial charge in [-0.2, -0.15) is 5.10 Å². The summed E-state index contributed by atoms with van der Waals surface area (Å²) in [6, 6.07) is 7.56. The Morgan fingerprint density at radius 2 is 2.11 bits per heavy atom. The Labute approximate surface area is 113 Å². The second kappa shape index (κ2) is 6.38. The molecule has 102 valence electrons. The van der Waals surface area contributed by atoms with Gasteiger partial charge in [0.15, 0.2) is 5.75 Å². The van der Waals surface area contributed by atoms with Crippen molar-refractivity contribution < 1.29 is 9.84 Å². The van der Waals surface area contributed by atoms with Gasteiger partial charge in [0, 0.05) is 12.1 Å². The highest BCUT2D eigenvalue weighted by Gasteiger charge is 2.12. The summed E-state index contributed by atoms with van der Waals surface area (Å²) < 4.78 is 7.67. The standard InChI is InChI=1S/C15H20N2O2/c1-3-9-17-11-12(10-16-17)19-15-8-6-5-7-13(15)14(18)4-2/h5-8,10-11,14,18H,3-4,9H2,1-2H3. The molecule has 2 aromatic rings. The van der Waals surface area contributed by atoms with E-state index in [0.717, 1.165) is 18.5 Å². The average Bonchev–Trinajstić information content (AvgIpc) is 2.86. The molecule has 1 unspecified atom stereocenters. The first-order valence-electron chi connectivity index (χ1n) is 6.71. The summed E-state index contributed by atoms with van der Waals surface area (Å²) in [5, 5.41) is 14.2. The van der Waals surface area contributed by atoms with Crippen LogP contribution in [0.1, 0.15) is 38.4 Å². The predicted molar refractivity (Wildman–Crippen MR) is 74.3 cm³/mol. The van der Waals surface area contributed by atoms with Crippen molar-refractivity contribution in [3.05, 3.63) is 42.2 Å². The van der Waals surface area contributed by atoms with Gasteiger partial charge in [0.2, 0.25) is 0 Å². The molecule has 0 spiro atoms. The first-order valence-corrected chi connectivity index (χ1v) is 6.71. The van der Waals surface area contributed by atoms with Crippen LogP contribution in [-0.2, 0) is 6.54 Å². The number of ether oxygens (including phenoxy) is 1. The van der Waals surface area contributed by atoms with E-state index in [9.17, 15) is 5.11 Å². The number of aromatic nitrogens is 2. The van der Waals surface area contributed by atoms with Gasteiger partial charge in [-0.1, -0.05) is 32.0 Å². The lowest BCUT2D eigenvalue weighted by Crippen LogP contribution is -1.98. The summed E-state index contributed by atoms with van der Waals surface area (Å²) in [6.45, 7) is 4.93. The fourth-order valence-electron chi connectivity index (χ4n) is 1.94. The summed E-state index contributed by atoms with van der Waals surface area (Å²) in [5.41, 5.74) is 0.813. The van der Waals surface area contributed by atoms with Gasteiger partial charge in [-0.15, -0.1) is 0 Å². The van der Waals surface area contributed by atoms with Crippen LogP contribution in [0.15, 0.2) is 36.7 Å². The zero-order chi connectivity index (χ0) is 13.7. The molecule has 0 bridgehead atoms. The quantitative estimate of drug-likeness (QED) is 0.864. The van der Waals surface area contributed by atoms with Gasteiger partial charge in [0.1, 0.15) is 5.75 Å². The Balaban J connectivity index is 2.17. The first-order chi connectivity index (χ1) is 9.24. The Morgan fingerprint density at radius 1 is 1.32 bits per heavy atom. The topological polar surface area (TPSA) is 47.3 Å². The van der Waals surface area contributed by atoms with Crippen LogP contribution in [0.5, 0.6) is 11.5 Å². The molecular weight excluding hydrogens is 240 g/mol. The van der Waals surface area contributed by atoms with Crippen molar-refractivity contribution >= 4 is 0 Å². The summed E-state index contributed by atoms with van der Waals surface area (Å²) >= 11 is 0. The number of para-hydroxylation sites is 1. The van der Waals surface area contributed by atoms with E-state index in [1.807, 2.05) is 42.1 Å². The van der Waals surface area contributed by atoms with Crippen molar-refractivity contribution in [2.75, 3.05) is 0 Å². The van der Waals surface area contributed by atoms with E-state index in [1.54, 1.807) is 6.20 Å². The molecule has 4 heteroatoms. The molecule has 1 N–H and O–H groups in total. The molecule has 1 aromatic heterocycles. The van der Waals surface area contributed by atoms with Gasteiger partial charge in [0.25, 0.3) is 0 Å². The Bertz CT molecular complexity index is 522. The Hall–Kier alpha value is -1.81. The second-order valence-corrected chi connectivity index (χ2v) is 4.50. The highest BCUT2D eigenvalue weighted by molar-refractivity contribution is 5.38. The Morgan fingerprint density at radius 3 is 2.84 bits per heavy atom. The molecule has 4 nitrogen and oxygen atoms in total. The molecule has 19 heavy (non-hydrogen) atoms. The summed E-state index contributed by atoms with van der Waals surface area (Å²) in [4.78, 5) is 0.